The van der Waals surface area contributed by atoms with E-state index in [1.54, 1.807) is 13.8 Å². The monoisotopic (exact) mass is 463 g/mol. The maximum atomic E-state index is 12.4. The summed E-state index contributed by atoms with van der Waals surface area (Å²) in [5.41, 5.74) is -1.29. The molecule has 3 N–H and O–H groups in total. The quantitative estimate of drug-likeness (QED) is 0.383. The van der Waals surface area contributed by atoms with Crippen LogP contribution in [0.4, 0.5) is 0 Å². The Bertz CT molecular complexity index is 900. The Hall–Kier alpha value is -1.82. The van der Waals surface area contributed by atoms with Gasteiger partial charge in [-0.15, -0.1) is 0 Å². The number of hydrogen-bond acceptors (Lipinski definition) is 8. The predicted molar refractivity (Wildman–Crippen MR) is 110 cm³/mol. The van der Waals surface area contributed by atoms with Gasteiger partial charge in [0, 0.05) is 31.9 Å². The molecule has 13 heteroatoms. The lowest BCUT2D eigenvalue weighted by Crippen LogP contribution is -2.42. The summed E-state index contributed by atoms with van der Waals surface area (Å²) >= 11 is 0. The van der Waals surface area contributed by atoms with Gasteiger partial charge in [0.2, 0.25) is 5.91 Å². The average Bonchev–Trinajstić information content (AvgIpc) is 3.03. The lowest BCUT2D eigenvalue weighted by atomic mass is 10.1. The van der Waals surface area contributed by atoms with Crippen molar-refractivity contribution in [2.45, 2.75) is 57.8 Å². The summed E-state index contributed by atoms with van der Waals surface area (Å²) in [5.74, 6) is -0.234. The van der Waals surface area contributed by atoms with E-state index in [1.807, 2.05) is 0 Å². The topological polar surface area (TPSA) is 158 Å². The summed E-state index contributed by atoms with van der Waals surface area (Å²) in [6, 6.07) is 1.16. The zero-order valence-corrected chi connectivity index (χ0v) is 18.9. The number of rotatable bonds is 11. The van der Waals surface area contributed by atoms with Crippen LogP contribution in [-0.4, -0.2) is 71.2 Å². The van der Waals surface area contributed by atoms with Crippen LogP contribution in [0.15, 0.2) is 21.9 Å². The molecule has 2 heterocycles. The second-order valence-electron chi connectivity index (χ2n) is 7.24. The van der Waals surface area contributed by atoms with Crippen molar-refractivity contribution in [3.63, 3.8) is 0 Å². The van der Waals surface area contributed by atoms with Crippen molar-refractivity contribution in [1.29, 1.82) is 0 Å². The van der Waals surface area contributed by atoms with Gasteiger partial charge in [-0.1, -0.05) is 6.92 Å². The first-order valence-corrected chi connectivity index (χ1v) is 11.7. The van der Waals surface area contributed by atoms with Crippen LogP contribution in [0.2, 0.25) is 0 Å². The highest BCUT2D eigenvalue weighted by Gasteiger charge is 2.48. The molecule has 0 aromatic carbocycles. The Labute approximate surface area is 179 Å². The third-order valence-electron chi connectivity index (χ3n) is 4.60. The standard InChI is InChI=1S/C18H30N3O9P/c1-5-31(25,26)28-10-12-15(29-11(2)3)16(27-9-7-13(22)19-4)17(30-12)21-8-6-14(23)20-18(21)24/h6,8,11-12,15-17H,5,7,9-10H2,1-4H3,(H,19,22)(H,25,26)(H,20,23,24). The number of nitrogens with zero attached hydrogens (tertiary/aromatic N) is 1. The van der Waals surface area contributed by atoms with Crippen molar-refractivity contribution < 1.29 is 33.0 Å². The number of H-pyrrole nitrogens is 1. The number of aromatic nitrogens is 2. The maximum Gasteiger partial charge on any atom is 0.330 e. The summed E-state index contributed by atoms with van der Waals surface area (Å²) in [6.45, 7) is 4.85. The molecule has 12 nitrogen and oxygen atoms in total. The van der Waals surface area contributed by atoms with Gasteiger partial charge < -0.3 is 28.9 Å². The third kappa shape index (κ3) is 7.09. The molecular weight excluding hydrogens is 433 g/mol. The Kier molecular flexibility index (Phi) is 9.16. The van der Waals surface area contributed by atoms with E-state index in [1.165, 1.54) is 20.2 Å². The normalized spacial score (nSPS) is 25.5. The van der Waals surface area contributed by atoms with Crippen LogP contribution in [-0.2, 0) is 28.1 Å². The van der Waals surface area contributed by atoms with Gasteiger partial charge >= 0.3 is 13.3 Å². The fraction of sp³-hybridized carbons (Fsp3) is 0.722. The summed E-state index contributed by atoms with van der Waals surface area (Å²) in [4.78, 5) is 47.3. The molecule has 0 bridgehead atoms. The van der Waals surface area contributed by atoms with Gasteiger partial charge in [0.05, 0.1) is 19.3 Å². The zero-order chi connectivity index (χ0) is 23.2. The fourth-order valence-corrected chi connectivity index (χ4v) is 3.61. The first kappa shape index (κ1) is 25.4. The largest absolute Gasteiger partial charge is 0.370 e. The van der Waals surface area contributed by atoms with Gasteiger partial charge in [-0.3, -0.25) is 23.7 Å². The molecule has 1 aromatic heterocycles. The molecule has 0 radical (unpaired) electrons. The molecule has 31 heavy (non-hydrogen) atoms. The molecule has 0 saturated carbocycles. The SMILES string of the molecule is CCP(=O)(O)OCC1OC(n2ccc(=O)[nH]c2=O)C(OCCC(=O)NC)C1OC(C)C. The van der Waals surface area contributed by atoms with E-state index in [2.05, 4.69) is 10.3 Å². The highest BCUT2D eigenvalue weighted by Crippen LogP contribution is 2.43. The minimum absolute atomic E-state index is 0.0152. The van der Waals surface area contributed by atoms with Crippen molar-refractivity contribution in [2.75, 3.05) is 26.4 Å². The molecule has 2 rings (SSSR count). The molecule has 0 spiro atoms. The third-order valence-corrected chi connectivity index (χ3v) is 5.95. The van der Waals surface area contributed by atoms with E-state index in [-0.39, 0.29) is 37.8 Å². The number of amides is 1. The number of carbonyl (C=O) groups is 1. The lowest BCUT2D eigenvalue weighted by molar-refractivity contribution is -0.125. The average molecular weight is 463 g/mol. The van der Waals surface area contributed by atoms with Crippen LogP contribution in [0.1, 0.15) is 33.4 Å². The Morgan fingerprint density at radius 1 is 1.39 bits per heavy atom. The van der Waals surface area contributed by atoms with E-state index in [9.17, 15) is 23.8 Å². The molecule has 5 unspecified atom stereocenters. The van der Waals surface area contributed by atoms with Crippen LogP contribution in [0.3, 0.4) is 0 Å². The Balaban J connectivity index is 2.34. The molecule has 5 atom stereocenters. The number of aromatic amines is 1. The van der Waals surface area contributed by atoms with Crippen molar-refractivity contribution >= 4 is 13.5 Å². The van der Waals surface area contributed by atoms with Gasteiger partial charge in [-0.05, 0) is 13.8 Å². The second-order valence-corrected chi connectivity index (χ2v) is 9.41. The van der Waals surface area contributed by atoms with Crippen LogP contribution in [0.25, 0.3) is 0 Å². The highest BCUT2D eigenvalue weighted by molar-refractivity contribution is 7.52. The number of hydrogen-bond donors (Lipinski definition) is 3. The Morgan fingerprint density at radius 2 is 2.10 bits per heavy atom. The minimum Gasteiger partial charge on any atom is -0.370 e. The van der Waals surface area contributed by atoms with Crippen molar-refractivity contribution in [3.05, 3.63) is 33.1 Å². The summed E-state index contributed by atoms with van der Waals surface area (Å²) in [7, 11) is -2.30. The highest BCUT2D eigenvalue weighted by atomic mass is 31.2. The molecule has 1 amide bonds. The van der Waals surface area contributed by atoms with E-state index in [0.29, 0.717) is 0 Å². The summed E-state index contributed by atoms with van der Waals surface area (Å²) in [6.07, 6.45) is -2.51. The Morgan fingerprint density at radius 3 is 2.68 bits per heavy atom. The summed E-state index contributed by atoms with van der Waals surface area (Å²) < 4.78 is 36.0. The number of carbonyl (C=O) groups excluding carboxylic acids is 1. The van der Waals surface area contributed by atoms with E-state index < -0.39 is 43.4 Å². The van der Waals surface area contributed by atoms with Crippen LogP contribution < -0.4 is 16.6 Å². The molecule has 0 aliphatic carbocycles. The van der Waals surface area contributed by atoms with Crippen LogP contribution in [0.5, 0.6) is 0 Å². The van der Waals surface area contributed by atoms with Gasteiger partial charge in [-0.25, -0.2) is 4.79 Å². The molecule has 1 aromatic rings. The van der Waals surface area contributed by atoms with E-state index in [4.69, 9.17) is 18.7 Å². The fourth-order valence-electron chi connectivity index (χ4n) is 3.04. The number of ether oxygens (including phenoxy) is 3. The molecule has 1 aliphatic heterocycles. The first-order chi connectivity index (χ1) is 14.6. The van der Waals surface area contributed by atoms with Crippen LogP contribution >= 0.6 is 7.60 Å². The van der Waals surface area contributed by atoms with Gasteiger partial charge in [0.1, 0.15) is 18.3 Å². The second kappa shape index (κ2) is 11.2. The smallest absolute Gasteiger partial charge is 0.330 e. The molecular formula is C18H30N3O9P. The van der Waals surface area contributed by atoms with Crippen molar-refractivity contribution in [2.24, 2.45) is 0 Å². The minimum atomic E-state index is -3.80. The lowest BCUT2D eigenvalue weighted by Gasteiger charge is -2.27. The van der Waals surface area contributed by atoms with E-state index >= 15 is 0 Å². The van der Waals surface area contributed by atoms with Crippen molar-refractivity contribution in [1.82, 2.24) is 14.9 Å². The molecule has 1 fully saturated rings. The zero-order valence-electron chi connectivity index (χ0n) is 18.0. The maximum absolute atomic E-state index is 12.4. The van der Waals surface area contributed by atoms with Crippen LogP contribution in [0, 0.1) is 0 Å². The molecule has 1 saturated heterocycles. The van der Waals surface area contributed by atoms with Gasteiger partial charge in [0.15, 0.2) is 6.23 Å². The predicted octanol–water partition coefficient (Wildman–Crippen LogP) is -0.0292. The number of nitrogens with one attached hydrogen (secondary N) is 2. The van der Waals surface area contributed by atoms with Gasteiger partial charge in [0.25, 0.3) is 5.56 Å². The van der Waals surface area contributed by atoms with Crippen molar-refractivity contribution in [3.8, 4) is 0 Å². The molecule has 1 aliphatic rings. The summed E-state index contributed by atoms with van der Waals surface area (Å²) in [5, 5.41) is 2.49. The molecule has 176 valence electrons. The van der Waals surface area contributed by atoms with Gasteiger partial charge in [-0.2, -0.15) is 0 Å². The first-order valence-electron chi connectivity index (χ1n) is 9.99. The van der Waals surface area contributed by atoms with E-state index in [0.717, 1.165) is 10.6 Å².